The second kappa shape index (κ2) is 6.79. The van der Waals surface area contributed by atoms with Crippen molar-refractivity contribution in [3.63, 3.8) is 0 Å². The predicted octanol–water partition coefficient (Wildman–Crippen LogP) is 3.21. The number of halogens is 2. The van der Waals surface area contributed by atoms with Gasteiger partial charge in [-0.05, 0) is 49.6 Å². The maximum absolute atomic E-state index is 12.1. The van der Waals surface area contributed by atoms with E-state index in [4.69, 9.17) is 23.2 Å². The molecule has 1 fully saturated rings. The van der Waals surface area contributed by atoms with Crippen molar-refractivity contribution in [1.82, 2.24) is 10.6 Å². The monoisotopic (exact) mass is 314 g/mol. The van der Waals surface area contributed by atoms with E-state index in [1.165, 1.54) is 0 Å². The molecular formula is C15H20Cl2N2O. The Labute approximate surface area is 130 Å². The van der Waals surface area contributed by atoms with Gasteiger partial charge in [-0.2, -0.15) is 0 Å². The van der Waals surface area contributed by atoms with Gasteiger partial charge in [0.1, 0.15) is 0 Å². The second-order valence-electron chi connectivity index (χ2n) is 5.36. The summed E-state index contributed by atoms with van der Waals surface area (Å²) in [5.74, 6) is 0.426. The smallest absolute Gasteiger partial charge is 0.223 e. The second-order valence-corrected chi connectivity index (χ2v) is 6.23. The van der Waals surface area contributed by atoms with Gasteiger partial charge in [0.05, 0.1) is 0 Å². The zero-order chi connectivity index (χ0) is 14.7. The number of hydrogen-bond acceptors (Lipinski definition) is 2. The summed E-state index contributed by atoms with van der Waals surface area (Å²) in [6.45, 7) is 5.68. The summed E-state index contributed by atoms with van der Waals surface area (Å²) < 4.78 is 0. The van der Waals surface area contributed by atoms with Crippen LogP contribution in [0.15, 0.2) is 18.2 Å². The molecule has 2 unspecified atom stereocenters. The van der Waals surface area contributed by atoms with Crippen LogP contribution in [0.25, 0.3) is 0 Å². The van der Waals surface area contributed by atoms with Gasteiger partial charge in [0.25, 0.3) is 0 Å². The maximum Gasteiger partial charge on any atom is 0.223 e. The van der Waals surface area contributed by atoms with Crippen molar-refractivity contribution < 1.29 is 4.79 Å². The highest BCUT2D eigenvalue weighted by molar-refractivity contribution is 6.34. The third kappa shape index (κ3) is 4.11. The van der Waals surface area contributed by atoms with Crippen LogP contribution in [0.3, 0.4) is 0 Å². The predicted molar refractivity (Wildman–Crippen MR) is 83.5 cm³/mol. The zero-order valence-electron chi connectivity index (χ0n) is 11.7. The molecule has 0 radical (unpaired) electrons. The normalized spacial score (nSPS) is 22.4. The molecule has 3 atom stereocenters. The minimum Gasteiger partial charge on any atom is -0.354 e. The van der Waals surface area contributed by atoms with Crippen molar-refractivity contribution in [2.24, 2.45) is 5.92 Å². The molecule has 0 heterocycles. The van der Waals surface area contributed by atoms with Crippen LogP contribution in [-0.2, 0) is 4.79 Å². The van der Waals surface area contributed by atoms with Crippen LogP contribution in [0.4, 0.5) is 0 Å². The van der Waals surface area contributed by atoms with Crippen LogP contribution in [-0.4, -0.2) is 25.0 Å². The first kappa shape index (κ1) is 15.6. The molecule has 1 aromatic carbocycles. The number of carbonyl (C=O) groups is 1. The number of carbonyl (C=O) groups excluding carboxylic acids is 1. The van der Waals surface area contributed by atoms with E-state index >= 15 is 0 Å². The molecule has 2 N–H and O–H groups in total. The average molecular weight is 315 g/mol. The van der Waals surface area contributed by atoms with Gasteiger partial charge >= 0.3 is 0 Å². The average Bonchev–Trinajstić information content (AvgIpc) is 3.15. The van der Waals surface area contributed by atoms with Crippen molar-refractivity contribution >= 4 is 29.1 Å². The number of amides is 1. The largest absolute Gasteiger partial charge is 0.354 e. The summed E-state index contributed by atoms with van der Waals surface area (Å²) in [6, 6.07) is 5.79. The van der Waals surface area contributed by atoms with Gasteiger partial charge in [0, 0.05) is 28.5 Å². The van der Waals surface area contributed by atoms with Gasteiger partial charge in [0.15, 0.2) is 0 Å². The third-order valence-corrected chi connectivity index (χ3v) is 4.01. The zero-order valence-corrected chi connectivity index (χ0v) is 13.3. The molecule has 5 heteroatoms. The standard InChI is InChI=1S/C15H20Cl2N2O/c1-3-18-9(2)8-19-15(20)14-7-13(14)10-4-11(16)6-12(17)5-10/h4-6,9,13-14,18H,3,7-8H2,1-2H3,(H,19,20)/t9-,13?,14?/m1/s1. The molecule has 1 aliphatic rings. The molecule has 1 amide bonds. The summed E-state index contributed by atoms with van der Waals surface area (Å²) in [5, 5.41) is 7.51. The van der Waals surface area contributed by atoms with Crippen molar-refractivity contribution in [2.45, 2.75) is 32.2 Å². The third-order valence-electron chi connectivity index (χ3n) is 3.58. The van der Waals surface area contributed by atoms with Gasteiger partial charge in [-0.25, -0.2) is 0 Å². The van der Waals surface area contributed by atoms with E-state index in [9.17, 15) is 4.79 Å². The summed E-state index contributed by atoms with van der Waals surface area (Å²) in [4.78, 5) is 12.1. The molecule has 0 aromatic heterocycles. The molecule has 1 saturated carbocycles. The van der Waals surface area contributed by atoms with E-state index in [0.717, 1.165) is 18.5 Å². The van der Waals surface area contributed by atoms with Crippen molar-refractivity contribution in [3.8, 4) is 0 Å². The minimum absolute atomic E-state index is 0.0540. The lowest BCUT2D eigenvalue weighted by atomic mass is 10.1. The van der Waals surface area contributed by atoms with Crippen molar-refractivity contribution in [1.29, 1.82) is 0 Å². The Hall–Kier alpha value is -0.770. The highest BCUT2D eigenvalue weighted by atomic mass is 35.5. The lowest BCUT2D eigenvalue weighted by Gasteiger charge is -2.13. The number of hydrogen-bond donors (Lipinski definition) is 2. The van der Waals surface area contributed by atoms with Crippen LogP contribution in [0.1, 0.15) is 31.7 Å². The molecule has 0 spiro atoms. The van der Waals surface area contributed by atoms with Crippen molar-refractivity contribution in [3.05, 3.63) is 33.8 Å². The van der Waals surface area contributed by atoms with E-state index in [1.807, 2.05) is 12.1 Å². The quantitative estimate of drug-likeness (QED) is 0.846. The Bertz CT molecular complexity index is 473. The van der Waals surface area contributed by atoms with Gasteiger partial charge < -0.3 is 10.6 Å². The molecule has 2 rings (SSSR count). The van der Waals surface area contributed by atoms with Crippen LogP contribution >= 0.6 is 23.2 Å². The first-order chi connectivity index (χ1) is 9.51. The molecular weight excluding hydrogens is 295 g/mol. The number of nitrogens with one attached hydrogen (secondary N) is 2. The van der Waals surface area contributed by atoms with Crippen LogP contribution in [0.5, 0.6) is 0 Å². The Kier molecular flexibility index (Phi) is 5.30. The SMILES string of the molecule is CCN[C@H](C)CNC(=O)C1CC1c1cc(Cl)cc(Cl)c1. The van der Waals surface area contributed by atoms with Crippen molar-refractivity contribution in [2.75, 3.05) is 13.1 Å². The Morgan fingerprint density at radius 3 is 2.60 bits per heavy atom. The Morgan fingerprint density at radius 2 is 2.00 bits per heavy atom. The van der Waals surface area contributed by atoms with Crippen LogP contribution < -0.4 is 10.6 Å². The van der Waals surface area contributed by atoms with E-state index in [1.54, 1.807) is 6.07 Å². The van der Waals surface area contributed by atoms with Crippen LogP contribution in [0.2, 0.25) is 10.0 Å². The summed E-state index contributed by atoms with van der Waals surface area (Å²) >= 11 is 12.0. The van der Waals surface area contributed by atoms with Gasteiger partial charge in [-0.3, -0.25) is 4.79 Å². The Balaban J connectivity index is 1.86. The maximum atomic E-state index is 12.1. The highest BCUT2D eigenvalue weighted by Crippen LogP contribution is 2.48. The van der Waals surface area contributed by atoms with Gasteiger partial charge in [0.2, 0.25) is 5.91 Å². The lowest BCUT2D eigenvalue weighted by Crippen LogP contribution is -2.39. The van der Waals surface area contributed by atoms with E-state index < -0.39 is 0 Å². The molecule has 0 saturated heterocycles. The fourth-order valence-corrected chi connectivity index (χ4v) is 2.99. The molecule has 1 aromatic rings. The summed E-state index contributed by atoms with van der Waals surface area (Å²) in [6.07, 6.45) is 0.873. The molecule has 3 nitrogen and oxygen atoms in total. The fourth-order valence-electron chi connectivity index (χ4n) is 2.45. The molecule has 1 aliphatic carbocycles. The molecule has 110 valence electrons. The van der Waals surface area contributed by atoms with Gasteiger partial charge in [-0.15, -0.1) is 0 Å². The first-order valence-corrected chi connectivity index (χ1v) is 7.74. The minimum atomic E-state index is 0.0540. The molecule has 0 aliphatic heterocycles. The van der Waals surface area contributed by atoms with Gasteiger partial charge in [-0.1, -0.05) is 30.1 Å². The summed E-state index contributed by atoms with van der Waals surface area (Å²) in [5.41, 5.74) is 1.06. The number of likely N-dealkylation sites (N-methyl/N-ethyl adjacent to an activating group) is 1. The first-order valence-electron chi connectivity index (χ1n) is 6.98. The van der Waals surface area contributed by atoms with E-state index in [0.29, 0.717) is 22.6 Å². The highest BCUT2D eigenvalue weighted by Gasteiger charge is 2.44. The van der Waals surface area contributed by atoms with Crippen LogP contribution in [0, 0.1) is 5.92 Å². The summed E-state index contributed by atoms with van der Waals surface area (Å²) in [7, 11) is 0. The molecule has 0 bridgehead atoms. The Morgan fingerprint density at radius 1 is 1.35 bits per heavy atom. The van der Waals surface area contributed by atoms with E-state index in [-0.39, 0.29) is 17.7 Å². The number of benzene rings is 1. The molecule has 20 heavy (non-hydrogen) atoms. The lowest BCUT2D eigenvalue weighted by molar-refractivity contribution is -0.122. The van der Waals surface area contributed by atoms with E-state index in [2.05, 4.69) is 24.5 Å². The topological polar surface area (TPSA) is 41.1 Å². The fraction of sp³-hybridized carbons (Fsp3) is 0.533. The number of rotatable bonds is 6.